The van der Waals surface area contributed by atoms with Crippen LogP contribution in [0, 0.1) is 0 Å². The van der Waals surface area contributed by atoms with E-state index in [1.165, 1.54) is 0 Å². The molecule has 0 aromatic carbocycles. The maximum absolute atomic E-state index is 6.09. The Morgan fingerprint density at radius 2 is 2.47 bits per heavy atom. The van der Waals surface area contributed by atoms with Crippen LogP contribution in [-0.4, -0.2) is 9.97 Å². The Hall–Kier alpha value is -1.55. The van der Waals surface area contributed by atoms with Gasteiger partial charge in [-0.25, -0.2) is 4.98 Å². The first-order chi connectivity index (χ1) is 7.31. The van der Waals surface area contributed by atoms with Crippen molar-refractivity contribution in [1.82, 2.24) is 9.97 Å². The predicted octanol–water partition coefficient (Wildman–Crippen LogP) is 1.81. The lowest BCUT2D eigenvalue weighted by Gasteiger charge is -2.09. The van der Waals surface area contributed by atoms with Gasteiger partial charge in [-0.05, 0) is 6.07 Å². The van der Waals surface area contributed by atoms with Gasteiger partial charge in [-0.3, -0.25) is 0 Å². The molecule has 0 fully saturated rings. The number of aryl methyl sites for hydroxylation is 1. The molecule has 1 atom stereocenters. The van der Waals surface area contributed by atoms with Gasteiger partial charge in [0.2, 0.25) is 0 Å². The van der Waals surface area contributed by atoms with E-state index < -0.39 is 0 Å². The zero-order valence-corrected chi connectivity index (χ0v) is 8.73. The van der Waals surface area contributed by atoms with Gasteiger partial charge in [-0.2, -0.15) is 0 Å². The molecular formula is C11H15N3O. The van der Waals surface area contributed by atoms with Crippen LogP contribution >= 0.6 is 0 Å². The zero-order chi connectivity index (χ0) is 10.7. The molecule has 0 saturated heterocycles. The van der Waals surface area contributed by atoms with Crippen LogP contribution in [0.1, 0.15) is 30.1 Å². The second kappa shape index (κ2) is 4.31. The summed E-state index contributed by atoms with van der Waals surface area (Å²) >= 11 is 0. The SMILES string of the molecule is CCc1occc1C(N)Cc1ncc[nH]1. The van der Waals surface area contributed by atoms with Gasteiger partial charge < -0.3 is 15.1 Å². The summed E-state index contributed by atoms with van der Waals surface area (Å²) in [5, 5.41) is 0. The Labute approximate surface area is 88.5 Å². The number of imidazole rings is 1. The lowest BCUT2D eigenvalue weighted by molar-refractivity contribution is 0.504. The van der Waals surface area contributed by atoms with Crippen LogP contribution < -0.4 is 5.73 Å². The Bertz CT molecular complexity index is 405. The Balaban J connectivity index is 2.11. The van der Waals surface area contributed by atoms with Crippen LogP contribution in [0.25, 0.3) is 0 Å². The number of rotatable bonds is 4. The number of nitrogens with zero attached hydrogens (tertiary/aromatic N) is 1. The summed E-state index contributed by atoms with van der Waals surface area (Å²) in [4.78, 5) is 7.20. The van der Waals surface area contributed by atoms with Gasteiger partial charge in [0.1, 0.15) is 11.6 Å². The second-order valence-electron chi connectivity index (χ2n) is 3.50. The molecule has 4 heteroatoms. The van der Waals surface area contributed by atoms with E-state index in [1.54, 1.807) is 18.7 Å². The Kier molecular flexibility index (Phi) is 2.87. The Morgan fingerprint density at radius 3 is 3.13 bits per heavy atom. The molecule has 80 valence electrons. The van der Waals surface area contributed by atoms with Gasteiger partial charge >= 0.3 is 0 Å². The van der Waals surface area contributed by atoms with Gasteiger partial charge in [0, 0.05) is 36.8 Å². The third-order valence-electron chi connectivity index (χ3n) is 2.47. The van der Waals surface area contributed by atoms with Crippen LogP contribution in [0.2, 0.25) is 0 Å². The molecule has 0 aliphatic carbocycles. The highest BCUT2D eigenvalue weighted by Crippen LogP contribution is 2.20. The number of hydrogen-bond donors (Lipinski definition) is 2. The lowest BCUT2D eigenvalue weighted by atomic mass is 10.0. The molecule has 4 nitrogen and oxygen atoms in total. The van der Waals surface area contributed by atoms with E-state index in [0.29, 0.717) is 6.42 Å². The predicted molar refractivity (Wildman–Crippen MR) is 57.3 cm³/mol. The van der Waals surface area contributed by atoms with Crippen LogP contribution in [0.15, 0.2) is 29.1 Å². The molecule has 0 aliphatic rings. The van der Waals surface area contributed by atoms with Crippen LogP contribution in [0.4, 0.5) is 0 Å². The minimum Gasteiger partial charge on any atom is -0.469 e. The molecule has 0 spiro atoms. The third kappa shape index (κ3) is 2.10. The first kappa shape index (κ1) is 9.98. The largest absolute Gasteiger partial charge is 0.469 e. The summed E-state index contributed by atoms with van der Waals surface area (Å²) in [6, 6.07) is 1.89. The zero-order valence-electron chi connectivity index (χ0n) is 8.73. The fourth-order valence-corrected chi connectivity index (χ4v) is 1.70. The van der Waals surface area contributed by atoms with E-state index >= 15 is 0 Å². The van der Waals surface area contributed by atoms with Gasteiger partial charge in [0.25, 0.3) is 0 Å². The van der Waals surface area contributed by atoms with E-state index in [4.69, 9.17) is 10.2 Å². The van der Waals surface area contributed by atoms with E-state index in [-0.39, 0.29) is 6.04 Å². The highest BCUT2D eigenvalue weighted by atomic mass is 16.3. The molecule has 1 unspecified atom stereocenters. The molecule has 3 N–H and O–H groups in total. The third-order valence-corrected chi connectivity index (χ3v) is 2.47. The van der Waals surface area contributed by atoms with E-state index in [2.05, 4.69) is 16.9 Å². The van der Waals surface area contributed by atoms with Gasteiger partial charge in [-0.15, -0.1) is 0 Å². The summed E-state index contributed by atoms with van der Waals surface area (Å²) in [5.41, 5.74) is 7.16. The van der Waals surface area contributed by atoms with Crippen molar-refractivity contribution < 1.29 is 4.42 Å². The maximum atomic E-state index is 6.09. The molecule has 15 heavy (non-hydrogen) atoms. The molecule has 0 saturated carbocycles. The number of nitrogens with one attached hydrogen (secondary N) is 1. The molecule has 2 heterocycles. The topological polar surface area (TPSA) is 67.8 Å². The monoisotopic (exact) mass is 205 g/mol. The van der Waals surface area contributed by atoms with Crippen LogP contribution in [-0.2, 0) is 12.8 Å². The van der Waals surface area contributed by atoms with Crippen molar-refractivity contribution in [3.05, 3.63) is 41.9 Å². The molecule has 2 aromatic rings. The van der Waals surface area contributed by atoms with Gasteiger partial charge in [-0.1, -0.05) is 6.92 Å². The van der Waals surface area contributed by atoms with Gasteiger partial charge in [0.15, 0.2) is 0 Å². The summed E-state index contributed by atoms with van der Waals surface area (Å²) in [6.07, 6.45) is 6.81. The quantitative estimate of drug-likeness (QED) is 0.799. The molecule has 2 aromatic heterocycles. The van der Waals surface area contributed by atoms with Crippen molar-refractivity contribution in [2.24, 2.45) is 5.73 Å². The fraction of sp³-hybridized carbons (Fsp3) is 0.364. The molecule has 2 rings (SSSR count). The fourth-order valence-electron chi connectivity index (χ4n) is 1.70. The van der Waals surface area contributed by atoms with Crippen LogP contribution in [0.3, 0.4) is 0 Å². The minimum atomic E-state index is -0.0511. The normalized spacial score (nSPS) is 12.9. The standard InChI is InChI=1S/C11H15N3O/c1-2-10-8(3-6-15-10)9(12)7-11-13-4-5-14-11/h3-6,9H,2,7,12H2,1H3,(H,13,14). The number of H-pyrrole nitrogens is 1. The summed E-state index contributed by atoms with van der Waals surface area (Å²) < 4.78 is 5.34. The number of nitrogens with two attached hydrogens (primary N) is 1. The van der Waals surface area contributed by atoms with Crippen LogP contribution in [0.5, 0.6) is 0 Å². The summed E-state index contributed by atoms with van der Waals surface area (Å²) in [7, 11) is 0. The number of aromatic amines is 1. The van der Waals surface area contributed by atoms with E-state index in [1.807, 2.05) is 6.07 Å². The van der Waals surface area contributed by atoms with Crippen molar-refractivity contribution in [2.75, 3.05) is 0 Å². The van der Waals surface area contributed by atoms with Crippen molar-refractivity contribution >= 4 is 0 Å². The lowest BCUT2D eigenvalue weighted by Crippen LogP contribution is -2.14. The highest BCUT2D eigenvalue weighted by Gasteiger charge is 2.14. The van der Waals surface area contributed by atoms with Crippen molar-refractivity contribution in [1.29, 1.82) is 0 Å². The average Bonchev–Trinajstić information content (AvgIpc) is 2.86. The molecule has 0 aliphatic heterocycles. The number of aromatic nitrogens is 2. The van der Waals surface area contributed by atoms with E-state index in [0.717, 1.165) is 23.6 Å². The van der Waals surface area contributed by atoms with Crippen molar-refractivity contribution in [3.8, 4) is 0 Å². The summed E-state index contributed by atoms with van der Waals surface area (Å²) in [6.45, 7) is 2.06. The second-order valence-corrected chi connectivity index (χ2v) is 3.50. The average molecular weight is 205 g/mol. The van der Waals surface area contributed by atoms with Crippen molar-refractivity contribution in [3.63, 3.8) is 0 Å². The highest BCUT2D eigenvalue weighted by molar-refractivity contribution is 5.22. The number of furan rings is 1. The number of hydrogen-bond acceptors (Lipinski definition) is 3. The molecule has 0 amide bonds. The van der Waals surface area contributed by atoms with E-state index in [9.17, 15) is 0 Å². The first-order valence-electron chi connectivity index (χ1n) is 5.11. The summed E-state index contributed by atoms with van der Waals surface area (Å²) in [5.74, 6) is 1.87. The minimum absolute atomic E-state index is 0.0511. The van der Waals surface area contributed by atoms with Crippen molar-refractivity contribution in [2.45, 2.75) is 25.8 Å². The molecule has 0 radical (unpaired) electrons. The Morgan fingerprint density at radius 1 is 1.60 bits per heavy atom. The first-order valence-corrected chi connectivity index (χ1v) is 5.11. The molecular weight excluding hydrogens is 190 g/mol. The molecule has 0 bridgehead atoms. The smallest absolute Gasteiger partial charge is 0.108 e. The van der Waals surface area contributed by atoms with Gasteiger partial charge in [0.05, 0.1) is 6.26 Å². The maximum Gasteiger partial charge on any atom is 0.108 e.